The molecule has 0 saturated carbocycles. The molecule has 5 nitrogen and oxygen atoms in total. The number of hydrogen-bond donors (Lipinski definition) is 0. The molecule has 0 bridgehead atoms. The minimum atomic E-state index is 0.556. The highest BCUT2D eigenvalue weighted by molar-refractivity contribution is 7.97. The van der Waals surface area contributed by atoms with Crippen molar-refractivity contribution in [3.05, 3.63) is 71.8 Å². The summed E-state index contributed by atoms with van der Waals surface area (Å²) in [6.45, 7) is 5.41. The first kappa shape index (κ1) is 19.9. The molecule has 3 aromatic rings. The Labute approximate surface area is 169 Å². The molecule has 0 aliphatic heterocycles. The van der Waals surface area contributed by atoms with Gasteiger partial charge in [-0.15, -0.1) is 33.7 Å². The van der Waals surface area contributed by atoms with Crippen LogP contribution in [-0.4, -0.2) is 24.7 Å². The zero-order valence-corrected chi connectivity index (χ0v) is 17.4. The summed E-state index contributed by atoms with van der Waals surface area (Å²) >= 11 is 3.66. The largest absolute Gasteiger partial charge is 0.313 e. The van der Waals surface area contributed by atoms with Crippen LogP contribution >= 0.6 is 23.5 Å². The average Bonchev–Trinajstić information content (AvgIpc) is 3.05. The molecule has 0 amide bonds. The van der Waals surface area contributed by atoms with Crippen molar-refractivity contribution in [1.82, 2.24) is 24.7 Å². The van der Waals surface area contributed by atoms with Crippen LogP contribution in [-0.2, 0) is 29.6 Å². The molecule has 7 heteroatoms. The van der Waals surface area contributed by atoms with E-state index >= 15 is 0 Å². The van der Waals surface area contributed by atoms with Gasteiger partial charge in [0.15, 0.2) is 0 Å². The van der Waals surface area contributed by atoms with Gasteiger partial charge < -0.3 is 4.57 Å². The van der Waals surface area contributed by atoms with E-state index in [9.17, 15) is 0 Å². The maximum Gasteiger partial charge on any atom is 0.143 e. The Bertz CT molecular complexity index is 743. The van der Waals surface area contributed by atoms with E-state index < -0.39 is 0 Å². The fourth-order valence-electron chi connectivity index (χ4n) is 2.62. The first-order valence-electron chi connectivity index (χ1n) is 9.08. The van der Waals surface area contributed by atoms with Gasteiger partial charge in [-0.2, -0.15) is 0 Å². The summed E-state index contributed by atoms with van der Waals surface area (Å²) in [7, 11) is 0. The Morgan fingerprint density at radius 3 is 1.70 bits per heavy atom. The van der Waals surface area contributed by atoms with Gasteiger partial charge in [-0.25, -0.2) is 0 Å². The number of thioether (sulfide) groups is 2. The van der Waals surface area contributed by atoms with Crippen LogP contribution in [0.25, 0.3) is 0 Å². The molecule has 0 aliphatic rings. The van der Waals surface area contributed by atoms with E-state index in [1.807, 2.05) is 60.2 Å². The molecule has 0 fully saturated rings. The average molecular weight is 400 g/mol. The van der Waals surface area contributed by atoms with Crippen molar-refractivity contribution in [3.8, 4) is 0 Å². The number of hydrogen-bond acceptors (Lipinski definition) is 6. The molecule has 0 aromatic carbocycles. The molecule has 0 saturated heterocycles. The zero-order chi connectivity index (χ0) is 18.9. The number of aromatic nitrogens is 5. The normalized spacial score (nSPS) is 11.2. The van der Waals surface area contributed by atoms with Gasteiger partial charge in [-0.1, -0.05) is 26.0 Å². The fraction of sp³-hybridized carbons (Fsp3) is 0.400. The quantitative estimate of drug-likeness (QED) is 0.497. The van der Waals surface area contributed by atoms with E-state index in [4.69, 9.17) is 0 Å². The van der Waals surface area contributed by atoms with Gasteiger partial charge in [0.1, 0.15) is 11.6 Å². The van der Waals surface area contributed by atoms with Gasteiger partial charge in [-0.3, -0.25) is 9.97 Å². The molecule has 0 spiro atoms. The van der Waals surface area contributed by atoms with E-state index in [1.54, 1.807) is 0 Å². The minimum Gasteiger partial charge on any atom is -0.313 e. The summed E-state index contributed by atoms with van der Waals surface area (Å²) in [6.07, 6.45) is 3.68. The van der Waals surface area contributed by atoms with Crippen molar-refractivity contribution in [3.63, 3.8) is 0 Å². The number of pyridine rings is 2. The van der Waals surface area contributed by atoms with Crippen LogP contribution in [0.3, 0.4) is 0 Å². The van der Waals surface area contributed by atoms with E-state index in [0.717, 1.165) is 52.6 Å². The summed E-state index contributed by atoms with van der Waals surface area (Å²) in [4.78, 5) is 8.76. The summed E-state index contributed by atoms with van der Waals surface area (Å²) < 4.78 is 2.29. The predicted molar refractivity (Wildman–Crippen MR) is 113 cm³/mol. The molecule has 3 rings (SSSR count). The van der Waals surface area contributed by atoms with Crippen molar-refractivity contribution in [2.24, 2.45) is 5.92 Å². The zero-order valence-electron chi connectivity index (χ0n) is 15.8. The maximum atomic E-state index is 4.47. The molecule has 0 unspecified atom stereocenters. The molecule has 142 valence electrons. The first-order valence-corrected chi connectivity index (χ1v) is 11.4. The lowest BCUT2D eigenvalue weighted by Gasteiger charge is -2.12. The lowest BCUT2D eigenvalue weighted by molar-refractivity contribution is 0.502. The summed E-state index contributed by atoms with van der Waals surface area (Å²) in [5.74, 6) is 6.14. The lowest BCUT2D eigenvalue weighted by atomic mass is 10.2. The predicted octanol–water partition coefficient (Wildman–Crippen LogP) is 4.59. The highest BCUT2D eigenvalue weighted by Crippen LogP contribution is 2.21. The number of rotatable bonds is 10. The third kappa shape index (κ3) is 6.36. The Balaban J connectivity index is 1.58. The van der Waals surface area contributed by atoms with Gasteiger partial charge >= 0.3 is 0 Å². The van der Waals surface area contributed by atoms with Gasteiger partial charge in [0.2, 0.25) is 0 Å². The molecule has 27 heavy (non-hydrogen) atoms. The van der Waals surface area contributed by atoms with Crippen molar-refractivity contribution >= 4 is 23.5 Å². The van der Waals surface area contributed by atoms with Gasteiger partial charge in [0.25, 0.3) is 0 Å². The van der Waals surface area contributed by atoms with Crippen LogP contribution in [0.5, 0.6) is 0 Å². The highest BCUT2D eigenvalue weighted by Gasteiger charge is 2.13. The monoisotopic (exact) mass is 399 g/mol. The topological polar surface area (TPSA) is 56.5 Å². The maximum absolute atomic E-state index is 4.47. The summed E-state index contributed by atoms with van der Waals surface area (Å²) in [6, 6.07) is 12.1. The molecule has 3 aromatic heterocycles. The third-order valence-electron chi connectivity index (χ3n) is 3.87. The van der Waals surface area contributed by atoms with Crippen LogP contribution in [0.4, 0.5) is 0 Å². The molecule has 0 N–H and O–H groups in total. The van der Waals surface area contributed by atoms with Gasteiger partial charge in [0, 0.05) is 30.4 Å². The van der Waals surface area contributed by atoms with E-state index in [0.29, 0.717) is 5.92 Å². The molecule has 3 heterocycles. The van der Waals surface area contributed by atoms with Crippen LogP contribution in [0.15, 0.2) is 48.8 Å². The van der Waals surface area contributed by atoms with Crippen molar-refractivity contribution in [1.29, 1.82) is 0 Å². The summed E-state index contributed by atoms with van der Waals surface area (Å²) in [5.41, 5.74) is 2.20. The summed E-state index contributed by atoms with van der Waals surface area (Å²) in [5, 5.41) is 8.94. The van der Waals surface area contributed by atoms with Crippen molar-refractivity contribution < 1.29 is 0 Å². The van der Waals surface area contributed by atoms with Gasteiger partial charge in [-0.05, 0) is 30.2 Å². The Morgan fingerprint density at radius 2 is 1.30 bits per heavy atom. The molecular formula is C20H25N5S2. The Kier molecular flexibility index (Phi) is 7.71. The highest BCUT2D eigenvalue weighted by atomic mass is 32.2. The second-order valence-corrected chi connectivity index (χ2v) is 8.64. The van der Waals surface area contributed by atoms with Crippen LogP contribution in [0, 0.1) is 5.92 Å². The standard InChI is InChI=1S/C20H25N5S2/c1-16(2)11-25-19(14-26-12-17-7-3-5-9-21-17)23-24-20(25)15-27-13-18-8-4-6-10-22-18/h3-10,16H,11-15H2,1-2H3. The minimum absolute atomic E-state index is 0.556. The first-order chi connectivity index (χ1) is 13.2. The molecular weight excluding hydrogens is 374 g/mol. The van der Waals surface area contributed by atoms with Crippen LogP contribution in [0.1, 0.15) is 36.9 Å². The van der Waals surface area contributed by atoms with Crippen molar-refractivity contribution in [2.75, 3.05) is 0 Å². The lowest BCUT2D eigenvalue weighted by Crippen LogP contribution is -2.11. The third-order valence-corrected chi connectivity index (χ3v) is 5.79. The Morgan fingerprint density at radius 1 is 0.778 bits per heavy atom. The fourth-order valence-corrected chi connectivity index (χ4v) is 4.38. The van der Waals surface area contributed by atoms with Gasteiger partial charge in [0.05, 0.1) is 22.9 Å². The second-order valence-electron chi connectivity index (χ2n) is 6.66. The van der Waals surface area contributed by atoms with E-state index in [1.165, 1.54) is 0 Å². The molecule has 0 atom stereocenters. The smallest absolute Gasteiger partial charge is 0.143 e. The second kappa shape index (κ2) is 10.5. The molecule has 0 aliphatic carbocycles. The van der Waals surface area contributed by atoms with E-state index in [2.05, 4.69) is 50.7 Å². The van der Waals surface area contributed by atoms with E-state index in [-0.39, 0.29) is 0 Å². The SMILES string of the molecule is CC(C)Cn1c(CSCc2ccccn2)nnc1CSCc1ccccn1. The van der Waals surface area contributed by atoms with Crippen molar-refractivity contribution in [2.45, 2.75) is 43.4 Å². The van der Waals surface area contributed by atoms with Crippen LogP contribution < -0.4 is 0 Å². The Hall–Kier alpha value is -1.86. The number of nitrogens with zero attached hydrogens (tertiary/aromatic N) is 5. The van der Waals surface area contributed by atoms with Crippen LogP contribution in [0.2, 0.25) is 0 Å². The molecule has 0 radical (unpaired) electrons.